The number of hydrogen-bond donors (Lipinski definition) is 1. The average Bonchev–Trinajstić information content (AvgIpc) is 2.74. The zero-order valence-electron chi connectivity index (χ0n) is 9.66. The third kappa shape index (κ3) is 2.43. The summed E-state index contributed by atoms with van der Waals surface area (Å²) in [5, 5.41) is 1.26. The van der Waals surface area contributed by atoms with Crippen molar-refractivity contribution in [1.82, 2.24) is 4.98 Å². The van der Waals surface area contributed by atoms with Crippen LogP contribution < -0.4 is 5.73 Å². The van der Waals surface area contributed by atoms with Gasteiger partial charge in [0.2, 0.25) is 0 Å². The molecule has 0 amide bonds. The van der Waals surface area contributed by atoms with E-state index in [1.54, 1.807) is 11.3 Å². The summed E-state index contributed by atoms with van der Waals surface area (Å²) in [5.41, 5.74) is 6.83. The lowest BCUT2D eigenvalue weighted by molar-refractivity contribution is 0.442. The Bertz CT molecular complexity index is 378. The van der Waals surface area contributed by atoms with E-state index in [-0.39, 0.29) is 0 Å². The van der Waals surface area contributed by atoms with Crippen LogP contribution in [0.2, 0.25) is 0 Å². The number of nitrogens with zero attached hydrogens (tertiary/aromatic N) is 1. The van der Waals surface area contributed by atoms with Gasteiger partial charge in [-0.2, -0.15) is 0 Å². The first-order chi connectivity index (χ1) is 7.72. The Morgan fingerprint density at radius 1 is 1.44 bits per heavy atom. The van der Waals surface area contributed by atoms with Gasteiger partial charge in [-0.05, 0) is 19.3 Å². The molecule has 1 aliphatic rings. The van der Waals surface area contributed by atoms with Crippen molar-refractivity contribution in [1.29, 1.82) is 0 Å². The van der Waals surface area contributed by atoms with Gasteiger partial charge >= 0.3 is 0 Å². The van der Waals surface area contributed by atoms with E-state index in [2.05, 4.69) is 6.92 Å². The summed E-state index contributed by atoms with van der Waals surface area (Å²) in [6, 6.07) is 0. The number of aromatic nitrogens is 1. The molecular weight excluding hydrogens is 236 g/mol. The summed E-state index contributed by atoms with van der Waals surface area (Å²) in [4.78, 5) is 6.28. The number of nitrogens with two attached hydrogens (primary N) is 1. The second-order valence-corrected chi connectivity index (χ2v) is 5.85. The first kappa shape index (κ1) is 12.0. The third-order valence-corrected chi connectivity index (χ3v) is 4.85. The molecule has 1 fully saturated rings. The van der Waals surface area contributed by atoms with E-state index in [1.165, 1.54) is 37.1 Å². The van der Waals surface area contributed by atoms with E-state index in [4.69, 9.17) is 22.9 Å². The third-order valence-electron chi connectivity index (χ3n) is 3.23. The lowest BCUT2D eigenvalue weighted by atomic mass is 9.90. The van der Waals surface area contributed by atoms with Crippen LogP contribution in [-0.2, 0) is 6.42 Å². The van der Waals surface area contributed by atoms with Crippen molar-refractivity contribution >= 4 is 28.5 Å². The minimum absolute atomic E-state index is 0.511. The Hall–Kier alpha value is -0.480. The van der Waals surface area contributed by atoms with Crippen molar-refractivity contribution < 1.29 is 0 Å². The van der Waals surface area contributed by atoms with Gasteiger partial charge in [0.25, 0.3) is 0 Å². The van der Waals surface area contributed by atoms with Crippen LogP contribution in [0.1, 0.15) is 60.5 Å². The predicted octanol–water partition coefficient (Wildman–Crippen LogP) is 3.39. The molecule has 88 valence electrons. The molecule has 1 aliphatic carbocycles. The van der Waals surface area contributed by atoms with E-state index >= 15 is 0 Å². The maximum Gasteiger partial charge on any atom is 0.116 e. The lowest BCUT2D eigenvalue weighted by Crippen LogP contribution is -2.09. The van der Waals surface area contributed by atoms with Gasteiger partial charge in [-0.25, -0.2) is 4.98 Å². The molecule has 0 atom stereocenters. The highest BCUT2D eigenvalue weighted by Gasteiger charge is 2.21. The Morgan fingerprint density at radius 3 is 2.62 bits per heavy atom. The molecule has 2 nitrogen and oxygen atoms in total. The normalized spacial score (nSPS) is 17.6. The molecule has 0 spiro atoms. The maximum atomic E-state index is 5.73. The van der Waals surface area contributed by atoms with E-state index in [1.807, 2.05) is 0 Å². The van der Waals surface area contributed by atoms with Crippen LogP contribution in [0, 0.1) is 0 Å². The second-order valence-electron chi connectivity index (χ2n) is 4.38. The van der Waals surface area contributed by atoms with Crippen molar-refractivity contribution in [2.45, 2.75) is 51.4 Å². The fourth-order valence-corrected chi connectivity index (χ4v) is 3.74. The van der Waals surface area contributed by atoms with Crippen molar-refractivity contribution in [3.63, 3.8) is 0 Å². The van der Waals surface area contributed by atoms with Gasteiger partial charge in [0.1, 0.15) is 4.99 Å². The van der Waals surface area contributed by atoms with Gasteiger partial charge in [-0.3, -0.25) is 0 Å². The van der Waals surface area contributed by atoms with E-state index in [9.17, 15) is 0 Å². The number of hydrogen-bond acceptors (Lipinski definition) is 3. The first-order valence-corrected chi connectivity index (χ1v) is 7.24. The SMILES string of the molecule is CCc1nc(C2CCCCC2)sc1C(N)=S. The van der Waals surface area contributed by atoms with E-state index in [0.717, 1.165) is 17.0 Å². The van der Waals surface area contributed by atoms with Crippen LogP contribution in [0.5, 0.6) is 0 Å². The minimum Gasteiger partial charge on any atom is -0.389 e. The van der Waals surface area contributed by atoms with Gasteiger partial charge in [0, 0.05) is 5.92 Å². The fourth-order valence-electron chi connectivity index (χ4n) is 2.33. The molecule has 4 heteroatoms. The zero-order chi connectivity index (χ0) is 11.5. The molecule has 16 heavy (non-hydrogen) atoms. The molecule has 0 bridgehead atoms. The Labute approximate surface area is 106 Å². The molecule has 2 N–H and O–H groups in total. The maximum absolute atomic E-state index is 5.73. The van der Waals surface area contributed by atoms with Crippen molar-refractivity contribution in [2.75, 3.05) is 0 Å². The zero-order valence-corrected chi connectivity index (χ0v) is 11.3. The monoisotopic (exact) mass is 254 g/mol. The van der Waals surface area contributed by atoms with Crippen molar-refractivity contribution in [2.24, 2.45) is 5.73 Å². The van der Waals surface area contributed by atoms with Crippen LogP contribution in [0.3, 0.4) is 0 Å². The quantitative estimate of drug-likeness (QED) is 0.840. The highest BCUT2D eigenvalue weighted by Crippen LogP contribution is 2.35. The van der Waals surface area contributed by atoms with E-state index in [0.29, 0.717) is 10.9 Å². The van der Waals surface area contributed by atoms with Gasteiger partial charge in [-0.15, -0.1) is 11.3 Å². The smallest absolute Gasteiger partial charge is 0.116 e. The largest absolute Gasteiger partial charge is 0.389 e. The van der Waals surface area contributed by atoms with Crippen molar-refractivity contribution in [3.05, 3.63) is 15.6 Å². The fraction of sp³-hybridized carbons (Fsp3) is 0.667. The number of rotatable bonds is 3. The Balaban J connectivity index is 2.24. The highest BCUT2D eigenvalue weighted by atomic mass is 32.1. The minimum atomic E-state index is 0.511. The van der Waals surface area contributed by atoms with Crippen LogP contribution in [0.4, 0.5) is 0 Å². The predicted molar refractivity (Wildman–Crippen MR) is 73.2 cm³/mol. The molecule has 1 aromatic rings. The first-order valence-electron chi connectivity index (χ1n) is 6.01. The van der Waals surface area contributed by atoms with E-state index < -0.39 is 0 Å². The molecule has 0 saturated heterocycles. The molecule has 0 aliphatic heterocycles. The Morgan fingerprint density at radius 2 is 2.12 bits per heavy atom. The lowest BCUT2D eigenvalue weighted by Gasteiger charge is -2.18. The van der Waals surface area contributed by atoms with Crippen LogP contribution in [0.15, 0.2) is 0 Å². The molecule has 2 rings (SSSR count). The summed E-state index contributed by atoms with van der Waals surface area (Å²) < 4.78 is 0. The molecule has 1 aromatic heterocycles. The van der Waals surface area contributed by atoms with Gasteiger partial charge in [0.15, 0.2) is 0 Å². The average molecular weight is 254 g/mol. The molecule has 0 unspecified atom stereocenters. The summed E-state index contributed by atoms with van der Waals surface area (Å²) in [6.07, 6.45) is 7.56. The second kappa shape index (κ2) is 5.23. The molecule has 0 aromatic carbocycles. The number of thiazole rings is 1. The molecule has 0 radical (unpaired) electrons. The summed E-state index contributed by atoms with van der Waals surface area (Å²) >= 11 is 6.80. The topological polar surface area (TPSA) is 38.9 Å². The summed E-state index contributed by atoms with van der Waals surface area (Å²) in [7, 11) is 0. The standard InChI is InChI=1S/C12H18N2S2/c1-2-9-10(11(13)15)16-12(14-9)8-6-4-3-5-7-8/h8H,2-7H2,1H3,(H2,13,15). The Kier molecular flexibility index (Phi) is 3.92. The van der Waals surface area contributed by atoms with Gasteiger partial charge < -0.3 is 5.73 Å². The van der Waals surface area contributed by atoms with Crippen LogP contribution in [0.25, 0.3) is 0 Å². The number of aryl methyl sites for hydroxylation is 1. The van der Waals surface area contributed by atoms with Crippen molar-refractivity contribution in [3.8, 4) is 0 Å². The molecular formula is C12H18N2S2. The summed E-state index contributed by atoms with van der Waals surface area (Å²) in [6.45, 7) is 2.11. The summed E-state index contributed by atoms with van der Waals surface area (Å²) in [5.74, 6) is 0.659. The van der Waals surface area contributed by atoms with Gasteiger partial charge in [0.05, 0.1) is 15.6 Å². The van der Waals surface area contributed by atoms with Crippen LogP contribution in [-0.4, -0.2) is 9.97 Å². The molecule has 1 heterocycles. The molecule has 1 saturated carbocycles. The highest BCUT2D eigenvalue weighted by molar-refractivity contribution is 7.81. The van der Waals surface area contributed by atoms with Gasteiger partial charge in [-0.1, -0.05) is 38.4 Å². The number of thiocarbonyl (C=S) groups is 1. The van der Waals surface area contributed by atoms with Crippen LogP contribution >= 0.6 is 23.6 Å².